The minimum absolute atomic E-state index is 0.0467. The maximum absolute atomic E-state index is 13.0. The molecule has 0 heterocycles. The first-order chi connectivity index (χ1) is 16.5. The average Bonchev–Trinajstić information content (AvgIpc) is 2.82. The van der Waals surface area contributed by atoms with E-state index in [2.05, 4.69) is 10.0 Å². The van der Waals surface area contributed by atoms with Crippen LogP contribution in [0, 0.1) is 0 Å². The molecule has 3 rings (SSSR count). The fourth-order valence-corrected chi connectivity index (χ4v) is 5.28. The second kappa shape index (κ2) is 11.2. The third-order valence-corrected chi connectivity index (χ3v) is 7.74. The molecule has 1 amide bonds. The number of nitrogens with one attached hydrogen (secondary N) is 2. The summed E-state index contributed by atoms with van der Waals surface area (Å²) >= 11 is 6.08. The molecule has 0 radical (unpaired) electrons. The smallest absolute Gasteiger partial charge is 0.241 e. The van der Waals surface area contributed by atoms with Crippen molar-refractivity contribution in [3.05, 3.63) is 88.9 Å². The predicted molar refractivity (Wildman–Crippen MR) is 132 cm³/mol. The molecule has 0 aliphatic rings. The van der Waals surface area contributed by atoms with E-state index in [1.807, 2.05) is 6.07 Å². The van der Waals surface area contributed by atoms with Gasteiger partial charge in [-0.1, -0.05) is 54.1 Å². The number of carbonyl (C=O) groups is 1. The molecule has 0 aliphatic heterocycles. The monoisotopic (exact) mass is 537 g/mol. The highest BCUT2D eigenvalue weighted by Crippen LogP contribution is 2.27. The van der Waals surface area contributed by atoms with Gasteiger partial charge in [-0.2, -0.15) is 4.72 Å². The number of hydrogen-bond donors (Lipinski definition) is 3. The van der Waals surface area contributed by atoms with Gasteiger partial charge in [0.2, 0.25) is 26.0 Å². The Morgan fingerprint density at radius 1 is 0.943 bits per heavy atom. The zero-order valence-corrected chi connectivity index (χ0v) is 21.0. The van der Waals surface area contributed by atoms with Crippen molar-refractivity contribution in [2.75, 3.05) is 7.11 Å². The highest BCUT2D eigenvalue weighted by atomic mass is 35.5. The van der Waals surface area contributed by atoms with Gasteiger partial charge in [0.25, 0.3) is 0 Å². The van der Waals surface area contributed by atoms with Crippen molar-refractivity contribution in [3.63, 3.8) is 0 Å². The molecule has 0 spiro atoms. The first kappa shape index (κ1) is 26.6. The van der Waals surface area contributed by atoms with Crippen molar-refractivity contribution in [3.8, 4) is 5.75 Å². The number of carbonyl (C=O) groups excluding carboxylic acids is 1. The lowest BCUT2D eigenvalue weighted by molar-refractivity contribution is -0.122. The van der Waals surface area contributed by atoms with Gasteiger partial charge in [-0.3, -0.25) is 4.79 Å². The summed E-state index contributed by atoms with van der Waals surface area (Å²) in [6.45, 7) is 0.0467. The van der Waals surface area contributed by atoms with Crippen LogP contribution in [0.2, 0.25) is 5.02 Å². The molecular formula is C23H24ClN3O6S2. The number of ether oxygens (including phenoxy) is 1. The van der Waals surface area contributed by atoms with Crippen LogP contribution in [0.15, 0.2) is 82.6 Å². The SMILES string of the molecule is COc1ccc(S(=O)(=O)N[C@@H](Cc2ccccc2)C(=O)NCc2ccc(S(N)(=O)=O)cc2)cc1Cl. The molecule has 186 valence electrons. The van der Waals surface area contributed by atoms with Crippen LogP contribution in [0.5, 0.6) is 5.75 Å². The molecule has 0 saturated carbocycles. The Labute approximate surface area is 209 Å². The summed E-state index contributed by atoms with van der Waals surface area (Å²) in [5.41, 5.74) is 1.36. The zero-order chi connectivity index (χ0) is 25.6. The van der Waals surface area contributed by atoms with Crippen molar-refractivity contribution in [1.29, 1.82) is 0 Å². The van der Waals surface area contributed by atoms with E-state index in [1.54, 1.807) is 24.3 Å². The summed E-state index contributed by atoms with van der Waals surface area (Å²) < 4.78 is 56.4. The minimum Gasteiger partial charge on any atom is -0.495 e. The maximum Gasteiger partial charge on any atom is 0.241 e. The number of nitrogens with two attached hydrogens (primary N) is 1. The second-order valence-electron chi connectivity index (χ2n) is 7.57. The van der Waals surface area contributed by atoms with Gasteiger partial charge in [-0.25, -0.2) is 22.0 Å². The van der Waals surface area contributed by atoms with Crippen LogP contribution >= 0.6 is 11.6 Å². The number of amides is 1. The summed E-state index contributed by atoms with van der Waals surface area (Å²) in [4.78, 5) is 12.9. The van der Waals surface area contributed by atoms with Gasteiger partial charge < -0.3 is 10.1 Å². The van der Waals surface area contributed by atoms with Crippen LogP contribution in [0.4, 0.5) is 0 Å². The lowest BCUT2D eigenvalue weighted by Crippen LogP contribution is -2.47. The van der Waals surface area contributed by atoms with Gasteiger partial charge in [-0.15, -0.1) is 0 Å². The van der Waals surface area contributed by atoms with Crippen LogP contribution in [0.3, 0.4) is 0 Å². The molecule has 9 nitrogen and oxygen atoms in total. The number of rotatable bonds is 10. The Hall–Kier alpha value is -2.96. The molecule has 0 saturated heterocycles. The third-order valence-electron chi connectivity index (χ3n) is 5.05. The summed E-state index contributed by atoms with van der Waals surface area (Å²) in [6.07, 6.45) is 0.0974. The molecule has 0 aromatic heterocycles. The minimum atomic E-state index is -4.11. The molecule has 0 bridgehead atoms. The Kier molecular flexibility index (Phi) is 8.51. The van der Waals surface area contributed by atoms with E-state index in [9.17, 15) is 21.6 Å². The quantitative estimate of drug-likeness (QED) is 0.361. The molecule has 12 heteroatoms. The number of primary sulfonamides is 1. The predicted octanol–water partition coefficient (Wildman–Crippen LogP) is 2.20. The van der Waals surface area contributed by atoms with Crippen molar-refractivity contribution in [1.82, 2.24) is 10.0 Å². The standard InChI is InChI=1S/C23H24ClN3O6S2/c1-33-22-12-11-19(14-20(22)24)35(31,32)27-21(13-16-5-3-2-4-6-16)23(28)26-15-17-7-9-18(10-8-17)34(25,29)30/h2-12,14,21,27H,13,15H2,1H3,(H,26,28)(H2,25,29,30)/t21-/m0/s1. The van der Waals surface area contributed by atoms with Crippen molar-refractivity contribution in [2.24, 2.45) is 5.14 Å². The number of benzene rings is 3. The molecule has 4 N–H and O–H groups in total. The van der Waals surface area contributed by atoms with Gasteiger partial charge in [0.15, 0.2) is 0 Å². The van der Waals surface area contributed by atoms with E-state index < -0.39 is 32.0 Å². The van der Waals surface area contributed by atoms with Crippen LogP contribution in [-0.2, 0) is 37.8 Å². The van der Waals surface area contributed by atoms with Crippen LogP contribution in [0.25, 0.3) is 0 Å². The summed E-state index contributed by atoms with van der Waals surface area (Å²) in [5.74, 6) is -0.245. The topological polar surface area (TPSA) is 145 Å². The van der Waals surface area contributed by atoms with E-state index >= 15 is 0 Å². The zero-order valence-electron chi connectivity index (χ0n) is 18.6. The Balaban J connectivity index is 1.79. The molecule has 0 unspecified atom stereocenters. The second-order valence-corrected chi connectivity index (χ2v) is 11.2. The number of halogens is 1. The van der Waals surface area contributed by atoms with Crippen LogP contribution < -0.4 is 19.9 Å². The van der Waals surface area contributed by atoms with Crippen molar-refractivity contribution < 1.29 is 26.4 Å². The molecule has 3 aromatic rings. The largest absolute Gasteiger partial charge is 0.495 e. The van der Waals surface area contributed by atoms with Crippen molar-refractivity contribution >= 4 is 37.6 Å². The Morgan fingerprint density at radius 2 is 1.57 bits per heavy atom. The molecule has 0 aliphatic carbocycles. The van der Waals surface area contributed by atoms with E-state index in [0.717, 1.165) is 5.56 Å². The highest BCUT2D eigenvalue weighted by Gasteiger charge is 2.26. The molecule has 0 fully saturated rings. The Morgan fingerprint density at radius 3 is 2.14 bits per heavy atom. The van der Waals surface area contributed by atoms with Crippen molar-refractivity contribution in [2.45, 2.75) is 28.8 Å². The normalized spacial score (nSPS) is 12.7. The molecule has 3 aromatic carbocycles. The van der Waals surface area contributed by atoms with Gasteiger partial charge >= 0.3 is 0 Å². The number of sulfonamides is 2. The first-order valence-electron chi connectivity index (χ1n) is 10.3. The molecule has 35 heavy (non-hydrogen) atoms. The number of methoxy groups -OCH3 is 1. The summed E-state index contributed by atoms with van der Waals surface area (Å²) in [7, 11) is -6.53. The Bertz CT molecular complexity index is 1400. The lowest BCUT2D eigenvalue weighted by Gasteiger charge is -2.19. The van der Waals surface area contributed by atoms with E-state index in [0.29, 0.717) is 11.3 Å². The van der Waals surface area contributed by atoms with E-state index in [1.165, 1.54) is 49.6 Å². The first-order valence-corrected chi connectivity index (χ1v) is 13.7. The molecule has 1 atom stereocenters. The van der Waals surface area contributed by atoms with E-state index in [-0.39, 0.29) is 27.8 Å². The summed E-state index contributed by atoms with van der Waals surface area (Å²) in [5, 5.41) is 7.90. The lowest BCUT2D eigenvalue weighted by atomic mass is 10.1. The number of hydrogen-bond acceptors (Lipinski definition) is 6. The highest BCUT2D eigenvalue weighted by molar-refractivity contribution is 7.89. The molecular weight excluding hydrogens is 514 g/mol. The van der Waals surface area contributed by atoms with Gasteiger partial charge in [0.05, 0.1) is 21.9 Å². The van der Waals surface area contributed by atoms with Gasteiger partial charge in [0.1, 0.15) is 11.8 Å². The fourth-order valence-electron chi connectivity index (χ4n) is 3.22. The van der Waals surface area contributed by atoms with Gasteiger partial charge in [0, 0.05) is 6.54 Å². The van der Waals surface area contributed by atoms with Crippen LogP contribution in [0.1, 0.15) is 11.1 Å². The summed E-state index contributed by atoms with van der Waals surface area (Å²) in [6, 6.07) is 17.5. The van der Waals surface area contributed by atoms with Crippen LogP contribution in [-0.4, -0.2) is 35.9 Å². The third kappa shape index (κ3) is 7.26. The average molecular weight is 538 g/mol. The van der Waals surface area contributed by atoms with E-state index in [4.69, 9.17) is 21.5 Å². The fraction of sp³-hybridized carbons (Fsp3) is 0.174. The van der Waals surface area contributed by atoms with Gasteiger partial charge in [-0.05, 0) is 47.9 Å². The maximum atomic E-state index is 13.0.